The largest absolute Gasteiger partial charge is 0.481 e. The summed E-state index contributed by atoms with van der Waals surface area (Å²) in [6.07, 6.45) is 1.47. The first kappa shape index (κ1) is 12.0. The van der Waals surface area contributed by atoms with E-state index in [4.69, 9.17) is 4.74 Å². The number of non-ortho nitro benzene ring substituents is 1. The number of carbonyl (C=O) groups is 1. The molecule has 6 heteroatoms. The van der Waals surface area contributed by atoms with Gasteiger partial charge in [0.05, 0.1) is 4.92 Å². The fraction of sp³-hybridized carbons (Fsp3) is 0.462. The van der Waals surface area contributed by atoms with Gasteiger partial charge in [0, 0.05) is 30.3 Å². The SMILES string of the molecule is CC1Oc2ccc([N+](=O)[O-])cc2CN(C2CC2)C1=O. The van der Waals surface area contributed by atoms with E-state index >= 15 is 0 Å². The lowest BCUT2D eigenvalue weighted by molar-refractivity contribution is -0.384. The molecule has 0 spiro atoms. The van der Waals surface area contributed by atoms with Crippen molar-refractivity contribution in [3.05, 3.63) is 33.9 Å². The first-order valence-electron chi connectivity index (χ1n) is 6.30. The molecule has 2 aliphatic rings. The third-order valence-electron chi connectivity index (χ3n) is 3.52. The topological polar surface area (TPSA) is 72.7 Å². The van der Waals surface area contributed by atoms with Gasteiger partial charge in [0.25, 0.3) is 11.6 Å². The number of amides is 1. The lowest BCUT2D eigenvalue weighted by Crippen LogP contribution is -2.39. The van der Waals surface area contributed by atoms with E-state index in [0.717, 1.165) is 12.8 Å². The highest BCUT2D eigenvalue weighted by molar-refractivity contribution is 5.82. The quantitative estimate of drug-likeness (QED) is 0.602. The van der Waals surface area contributed by atoms with Gasteiger partial charge in [-0.15, -0.1) is 0 Å². The highest BCUT2D eigenvalue weighted by Crippen LogP contribution is 2.35. The molecule has 1 aromatic rings. The zero-order valence-electron chi connectivity index (χ0n) is 10.5. The summed E-state index contributed by atoms with van der Waals surface area (Å²) in [7, 11) is 0. The number of nitro groups is 1. The molecule has 0 aromatic heterocycles. The molecule has 1 aromatic carbocycles. The average molecular weight is 262 g/mol. The molecule has 1 amide bonds. The van der Waals surface area contributed by atoms with E-state index in [1.807, 2.05) is 0 Å². The van der Waals surface area contributed by atoms with Gasteiger partial charge in [-0.05, 0) is 25.8 Å². The molecule has 1 unspecified atom stereocenters. The van der Waals surface area contributed by atoms with Gasteiger partial charge in [0.15, 0.2) is 6.10 Å². The predicted octanol–water partition coefficient (Wildman–Crippen LogP) is 1.87. The molecular weight excluding hydrogens is 248 g/mol. The molecule has 1 atom stereocenters. The van der Waals surface area contributed by atoms with Crippen molar-refractivity contribution in [2.45, 2.75) is 38.5 Å². The Hall–Kier alpha value is -2.11. The Morgan fingerprint density at radius 3 is 2.79 bits per heavy atom. The van der Waals surface area contributed by atoms with E-state index < -0.39 is 11.0 Å². The Morgan fingerprint density at radius 1 is 1.42 bits per heavy atom. The summed E-state index contributed by atoms with van der Waals surface area (Å²) in [6, 6.07) is 4.75. The maximum Gasteiger partial charge on any atom is 0.270 e. The lowest BCUT2D eigenvalue weighted by Gasteiger charge is -2.21. The molecule has 0 N–H and O–H groups in total. The van der Waals surface area contributed by atoms with Crippen molar-refractivity contribution < 1.29 is 14.5 Å². The van der Waals surface area contributed by atoms with E-state index in [0.29, 0.717) is 17.9 Å². The van der Waals surface area contributed by atoms with E-state index in [9.17, 15) is 14.9 Å². The Bertz CT molecular complexity index is 554. The second-order valence-electron chi connectivity index (χ2n) is 5.01. The number of carbonyl (C=O) groups excluding carboxylic acids is 1. The third kappa shape index (κ3) is 2.14. The smallest absolute Gasteiger partial charge is 0.270 e. The number of rotatable bonds is 2. The molecular formula is C13H14N2O4. The maximum absolute atomic E-state index is 12.2. The number of hydrogen-bond acceptors (Lipinski definition) is 4. The van der Waals surface area contributed by atoms with Gasteiger partial charge in [-0.3, -0.25) is 14.9 Å². The number of nitro benzene ring substituents is 1. The normalized spacial score (nSPS) is 22.5. The van der Waals surface area contributed by atoms with Gasteiger partial charge in [-0.1, -0.05) is 0 Å². The van der Waals surface area contributed by atoms with Crippen LogP contribution in [0.3, 0.4) is 0 Å². The van der Waals surface area contributed by atoms with Crippen molar-refractivity contribution in [3.63, 3.8) is 0 Å². The summed E-state index contributed by atoms with van der Waals surface area (Å²) in [5.41, 5.74) is 0.735. The van der Waals surface area contributed by atoms with Gasteiger partial charge in [0.1, 0.15) is 5.75 Å². The zero-order valence-corrected chi connectivity index (χ0v) is 10.5. The Morgan fingerprint density at radius 2 is 2.16 bits per heavy atom. The van der Waals surface area contributed by atoms with Crippen molar-refractivity contribution in [2.75, 3.05) is 0 Å². The van der Waals surface area contributed by atoms with Gasteiger partial charge in [-0.25, -0.2) is 0 Å². The van der Waals surface area contributed by atoms with Crippen LogP contribution in [0.2, 0.25) is 0 Å². The van der Waals surface area contributed by atoms with Crippen LogP contribution in [-0.2, 0) is 11.3 Å². The summed E-state index contributed by atoms with van der Waals surface area (Å²) in [6.45, 7) is 2.11. The maximum atomic E-state index is 12.2. The number of hydrogen-bond donors (Lipinski definition) is 0. The minimum Gasteiger partial charge on any atom is -0.481 e. The van der Waals surface area contributed by atoms with E-state index in [2.05, 4.69) is 0 Å². The van der Waals surface area contributed by atoms with Crippen LogP contribution in [0.4, 0.5) is 5.69 Å². The summed E-state index contributed by atoms with van der Waals surface area (Å²) >= 11 is 0. The first-order chi connectivity index (χ1) is 9.06. The first-order valence-corrected chi connectivity index (χ1v) is 6.30. The van der Waals surface area contributed by atoms with Crippen LogP contribution in [0.1, 0.15) is 25.3 Å². The molecule has 1 aliphatic carbocycles. The fourth-order valence-corrected chi connectivity index (χ4v) is 2.35. The monoisotopic (exact) mass is 262 g/mol. The van der Waals surface area contributed by atoms with Gasteiger partial charge in [-0.2, -0.15) is 0 Å². The number of fused-ring (bicyclic) bond motifs is 1. The van der Waals surface area contributed by atoms with Crippen LogP contribution in [0.25, 0.3) is 0 Å². The van der Waals surface area contributed by atoms with E-state index in [1.165, 1.54) is 12.1 Å². The van der Waals surface area contributed by atoms with Crippen LogP contribution in [0, 0.1) is 10.1 Å². The molecule has 3 rings (SSSR count). The number of ether oxygens (including phenoxy) is 1. The van der Waals surface area contributed by atoms with Crippen LogP contribution in [-0.4, -0.2) is 27.9 Å². The molecule has 1 saturated carbocycles. The van der Waals surface area contributed by atoms with Crippen molar-refractivity contribution in [1.29, 1.82) is 0 Å². The molecule has 1 aliphatic heterocycles. The third-order valence-corrected chi connectivity index (χ3v) is 3.52. The minimum atomic E-state index is -0.539. The summed E-state index contributed by atoms with van der Waals surface area (Å²) < 4.78 is 5.60. The number of benzene rings is 1. The second kappa shape index (κ2) is 4.22. The molecule has 1 fully saturated rings. The van der Waals surface area contributed by atoms with Crippen LogP contribution in [0.5, 0.6) is 5.75 Å². The van der Waals surface area contributed by atoms with Gasteiger partial charge in [0.2, 0.25) is 0 Å². The zero-order chi connectivity index (χ0) is 13.6. The Kier molecular flexibility index (Phi) is 2.66. The van der Waals surface area contributed by atoms with Crippen molar-refractivity contribution >= 4 is 11.6 Å². The Balaban J connectivity index is 1.99. The predicted molar refractivity (Wildman–Crippen MR) is 66.8 cm³/mol. The standard InChI is InChI=1S/C13H14N2O4/c1-8-13(16)14(10-2-3-10)7-9-6-11(15(17)18)4-5-12(9)19-8/h4-6,8,10H,2-3,7H2,1H3. The molecule has 0 radical (unpaired) electrons. The van der Waals surface area contributed by atoms with Crippen molar-refractivity contribution in [2.24, 2.45) is 0 Å². The highest BCUT2D eigenvalue weighted by atomic mass is 16.6. The van der Waals surface area contributed by atoms with Crippen molar-refractivity contribution in [1.82, 2.24) is 4.90 Å². The van der Waals surface area contributed by atoms with E-state index in [-0.39, 0.29) is 17.6 Å². The van der Waals surface area contributed by atoms with Crippen LogP contribution in [0.15, 0.2) is 18.2 Å². The molecule has 100 valence electrons. The molecule has 1 heterocycles. The molecule has 0 saturated heterocycles. The molecule has 0 bridgehead atoms. The lowest BCUT2D eigenvalue weighted by atomic mass is 10.1. The highest BCUT2D eigenvalue weighted by Gasteiger charge is 2.38. The van der Waals surface area contributed by atoms with Crippen molar-refractivity contribution in [3.8, 4) is 5.75 Å². The molecule has 19 heavy (non-hydrogen) atoms. The molecule has 6 nitrogen and oxygen atoms in total. The van der Waals surface area contributed by atoms with Crippen LogP contribution < -0.4 is 4.74 Å². The minimum absolute atomic E-state index is 0.0279. The average Bonchev–Trinajstić information content (AvgIpc) is 3.19. The number of nitrogens with zero attached hydrogens (tertiary/aromatic N) is 2. The van der Waals surface area contributed by atoms with Gasteiger partial charge >= 0.3 is 0 Å². The fourth-order valence-electron chi connectivity index (χ4n) is 2.35. The second-order valence-corrected chi connectivity index (χ2v) is 5.01. The summed E-state index contributed by atoms with van der Waals surface area (Å²) in [5.74, 6) is 0.524. The summed E-state index contributed by atoms with van der Waals surface area (Å²) in [4.78, 5) is 24.3. The van der Waals surface area contributed by atoms with Crippen LogP contribution >= 0.6 is 0 Å². The Labute approximate surface area is 110 Å². The van der Waals surface area contributed by atoms with Gasteiger partial charge < -0.3 is 9.64 Å². The summed E-state index contributed by atoms with van der Waals surface area (Å²) in [5, 5.41) is 10.8. The van der Waals surface area contributed by atoms with E-state index in [1.54, 1.807) is 17.9 Å².